The Kier molecular flexibility index (Phi) is 12.3. The molecule has 15 heteroatoms. The number of urea groups is 1. The minimum absolute atomic E-state index is 0.0254. The maximum Gasteiger partial charge on any atom is 0.417 e. The van der Waals surface area contributed by atoms with E-state index in [9.17, 15) is 27.6 Å². The Hall–Kier alpha value is -5.18. The zero-order valence-electron chi connectivity index (χ0n) is 26.6. The van der Waals surface area contributed by atoms with Crippen molar-refractivity contribution in [2.45, 2.75) is 25.6 Å². The van der Waals surface area contributed by atoms with Crippen LogP contribution >= 0.6 is 11.6 Å². The predicted octanol–water partition coefficient (Wildman–Crippen LogP) is 6.83. The molecule has 1 aliphatic rings. The van der Waals surface area contributed by atoms with E-state index in [2.05, 4.69) is 26.3 Å². The van der Waals surface area contributed by atoms with E-state index < -0.39 is 28.7 Å². The van der Waals surface area contributed by atoms with Gasteiger partial charge in [0, 0.05) is 48.9 Å². The lowest BCUT2D eigenvalue weighted by molar-refractivity contribution is -0.137. The van der Waals surface area contributed by atoms with Crippen molar-refractivity contribution in [3.05, 3.63) is 112 Å². The maximum atomic E-state index is 13.1. The van der Waals surface area contributed by atoms with E-state index in [1.54, 1.807) is 18.2 Å². The molecule has 0 atom stereocenters. The highest BCUT2D eigenvalue weighted by Gasteiger charge is 2.33. The summed E-state index contributed by atoms with van der Waals surface area (Å²) in [6.07, 6.45) is -1.59. The molecule has 50 heavy (non-hydrogen) atoms. The lowest BCUT2D eigenvalue weighted by atomic mass is 10.00. The maximum absolute atomic E-state index is 13.1. The SMILES string of the molecule is O=C(Nc1ccc(Oc2ccnc(C(=O)NCCOCCOCCCc3cccc4c3CNC4=O)c2)cc1)Nc1ccc(Cl)c(C(F)(F)F)c1. The molecule has 0 saturated carbocycles. The molecular weight excluding hydrogens is 679 g/mol. The monoisotopic (exact) mass is 711 g/mol. The van der Waals surface area contributed by atoms with Crippen molar-refractivity contribution in [2.75, 3.05) is 43.6 Å². The van der Waals surface area contributed by atoms with Crippen molar-refractivity contribution in [3.8, 4) is 11.5 Å². The van der Waals surface area contributed by atoms with Gasteiger partial charge < -0.3 is 35.5 Å². The van der Waals surface area contributed by atoms with Gasteiger partial charge in [0.15, 0.2) is 0 Å². The van der Waals surface area contributed by atoms with E-state index in [1.165, 1.54) is 30.5 Å². The zero-order valence-corrected chi connectivity index (χ0v) is 27.3. The minimum atomic E-state index is -4.67. The number of nitrogens with one attached hydrogen (secondary N) is 4. The van der Waals surface area contributed by atoms with Crippen molar-refractivity contribution >= 4 is 40.8 Å². The standard InChI is InChI=1S/C35H33ClF3N5O6/c36-30-11-8-24(19-29(30)35(37,38)39)44-34(47)43-23-6-9-25(10-7-23)50-26-12-13-40-31(20-26)33(46)41-14-16-49-18-17-48-15-2-4-22-3-1-5-27-28(22)21-42-32(27)45/h1,3,5-13,19-20H,2,4,14-18,21H2,(H,41,46)(H,42,45)(H2,43,44,47). The van der Waals surface area contributed by atoms with Gasteiger partial charge in [-0.25, -0.2) is 4.79 Å². The molecule has 3 aromatic carbocycles. The second-order valence-corrected chi connectivity index (χ2v) is 11.4. The number of anilines is 2. The molecule has 0 spiro atoms. The molecule has 4 amide bonds. The quantitative estimate of drug-likeness (QED) is 0.0992. The third kappa shape index (κ3) is 10.2. The fraction of sp³-hybridized carbons (Fsp3) is 0.257. The number of ether oxygens (including phenoxy) is 3. The summed E-state index contributed by atoms with van der Waals surface area (Å²) in [6, 6.07) is 17.3. The Morgan fingerprint density at radius 2 is 1.62 bits per heavy atom. The Morgan fingerprint density at radius 1 is 0.880 bits per heavy atom. The molecule has 5 rings (SSSR count). The van der Waals surface area contributed by atoms with Crippen LogP contribution in [0.1, 0.15) is 44.0 Å². The Morgan fingerprint density at radius 3 is 2.40 bits per heavy atom. The van der Waals surface area contributed by atoms with Gasteiger partial charge in [-0.1, -0.05) is 23.7 Å². The fourth-order valence-electron chi connectivity index (χ4n) is 5.02. The Labute approximate surface area is 290 Å². The van der Waals surface area contributed by atoms with Gasteiger partial charge in [0.05, 0.1) is 30.4 Å². The highest BCUT2D eigenvalue weighted by Crippen LogP contribution is 2.36. The number of nitrogens with zero attached hydrogens (tertiary/aromatic N) is 1. The molecule has 11 nitrogen and oxygen atoms in total. The first kappa shape index (κ1) is 36.1. The second-order valence-electron chi connectivity index (χ2n) is 11.0. The number of alkyl halides is 3. The molecule has 0 fully saturated rings. The largest absolute Gasteiger partial charge is 0.457 e. The van der Waals surface area contributed by atoms with E-state index in [-0.39, 0.29) is 30.4 Å². The third-order valence-electron chi connectivity index (χ3n) is 7.42. The smallest absolute Gasteiger partial charge is 0.417 e. The number of pyridine rings is 1. The molecule has 1 aromatic heterocycles. The summed E-state index contributed by atoms with van der Waals surface area (Å²) in [7, 11) is 0. The summed E-state index contributed by atoms with van der Waals surface area (Å²) in [5.74, 6) is 0.312. The number of carbonyl (C=O) groups excluding carboxylic acids is 3. The van der Waals surface area contributed by atoms with E-state index >= 15 is 0 Å². The third-order valence-corrected chi connectivity index (χ3v) is 7.75. The number of rotatable bonds is 15. The van der Waals surface area contributed by atoms with Gasteiger partial charge in [0.25, 0.3) is 11.8 Å². The van der Waals surface area contributed by atoms with Crippen molar-refractivity contribution < 1.29 is 41.8 Å². The Bertz CT molecular complexity index is 1820. The molecule has 4 N–H and O–H groups in total. The van der Waals surface area contributed by atoms with Gasteiger partial charge >= 0.3 is 12.2 Å². The number of carbonyl (C=O) groups is 3. The van der Waals surface area contributed by atoms with Crippen LogP contribution in [0.4, 0.5) is 29.3 Å². The first-order valence-electron chi connectivity index (χ1n) is 15.6. The zero-order chi connectivity index (χ0) is 35.5. The summed E-state index contributed by atoms with van der Waals surface area (Å²) in [5, 5.41) is 9.98. The minimum Gasteiger partial charge on any atom is -0.457 e. The number of halogens is 4. The van der Waals surface area contributed by atoms with E-state index in [0.29, 0.717) is 43.6 Å². The number of hydrogen-bond acceptors (Lipinski definition) is 7. The number of hydrogen-bond donors (Lipinski definition) is 4. The van der Waals surface area contributed by atoms with Crippen LogP contribution in [-0.4, -0.2) is 55.8 Å². The summed E-state index contributed by atoms with van der Waals surface area (Å²) in [4.78, 5) is 40.8. The van der Waals surface area contributed by atoms with Gasteiger partial charge in [0.1, 0.15) is 17.2 Å². The highest BCUT2D eigenvalue weighted by atomic mass is 35.5. The average molecular weight is 712 g/mol. The fourth-order valence-corrected chi connectivity index (χ4v) is 5.25. The van der Waals surface area contributed by atoms with Gasteiger partial charge in [0.2, 0.25) is 0 Å². The van der Waals surface area contributed by atoms with E-state index in [1.807, 2.05) is 18.2 Å². The van der Waals surface area contributed by atoms with Crippen LogP contribution in [0.2, 0.25) is 5.02 Å². The molecular formula is C35H33ClF3N5O6. The molecule has 0 aliphatic carbocycles. The topological polar surface area (TPSA) is 140 Å². The van der Waals surface area contributed by atoms with Crippen LogP contribution in [0, 0.1) is 0 Å². The van der Waals surface area contributed by atoms with Crippen LogP contribution in [0.5, 0.6) is 11.5 Å². The van der Waals surface area contributed by atoms with Gasteiger partial charge in [-0.05, 0) is 78.6 Å². The summed E-state index contributed by atoms with van der Waals surface area (Å²) in [6.45, 7) is 2.48. The average Bonchev–Trinajstić information content (AvgIpc) is 3.48. The lowest BCUT2D eigenvalue weighted by Gasteiger charge is -2.12. The molecule has 0 unspecified atom stereocenters. The molecule has 0 radical (unpaired) electrons. The van der Waals surface area contributed by atoms with Crippen molar-refractivity contribution in [1.29, 1.82) is 0 Å². The van der Waals surface area contributed by atoms with E-state index in [0.717, 1.165) is 41.7 Å². The first-order valence-corrected chi connectivity index (χ1v) is 16.0. The molecule has 0 bridgehead atoms. The molecule has 1 aliphatic heterocycles. The van der Waals surface area contributed by atoms with Crippen LogP contribution < -0.4 is 26.0 Å². The normalized spacial score (nSPS) is 12.2. The number of benzene rings is 3. The number of fused-ring (bicyclic) bond motifs is 1. The first-order chi connectivity index (χ1) is 24.1. The van der Waals surface area contributed by atoms with Crippen LogP contribution in [0.3, 0.4) is 0 Å². The van der Waals surface area contributed by atoms with Crippen LogP contribution in [0.25, 0.3) is 0 Å². The number of aryl methyl sites for hydroxylation is 1. The predicted molar refractivity (Wildman–Crippen MR) is 180 cm³/mol. The van der Waals surface area contributed by atoms with Gasteiger partial charge in [-0.15, -0.1) is 0 Å². The summed E-state index contributed by atoms with van der Waals surface area (Å²) < 4.78 is 56.3. The molecule has 4 aromatic rings. The summed E-state index contributed by atoms with van der Waals surface area (Å²) >= 11 is 5.62. The number of amides is 4. The van der Waals surface area contributed by atoms with Crippen molar-refractivity contribution in [2.24, 2.45) is 0 Å². The van der Waals surface area contributed by atoms with Crippen LogP contribution in [-0.2, 0) is 28.6 Å². The lowest BCUT2D eigenvalue weighted by Crippen LogP contribution is -2.28. The molecule has 2 heterocycles. The highest BCUT2D eigenvalue weighted by molar-refractivity contribution is 6.31. The van der Waals surface area contributed by atoms with E-state index in [4.69, 9.17) is 25.8 Å². The second kappa shape index (κ2) is 17.0. The van der Waals surface area contributed by atoms with Gasteiger partial charge in [-0.2, -0.15) is 13.2 Å². The number of aromatic nitrogens is 1. The van der Waals surface area contributed by atoms with Crippen molar-refractivity contribution in [3.63, 3.8) is 0 Å². The van der Waals surface area contributed by atoms with Crippen molar-refractivity contribution in [1.82, 2.24) is 15.6 Å². The van der Waals surface area contributed by atoms with Crippen LogP contribution in [0.15, 0.2) is 79.0 Å². The molecule has 262 valence electrons. The van der Waals surface area contributed by atoms with Gasteiger partial charge in [-0.3, -0.25) is 14.6 Å². The molecule has 0 saturated heterocycles. The summed E-state index contributed by atoms with van der Waals surface area (Å²) in [5.41, 5.74) is 2.32. The Balaban J connectivity index is 0.967.